The Morgan fingerprint density at radius 1 is 1.19 bits per heavy atom. The van der Waals surface area contributed by atoms with Crippen molar-refractivity contribution in [1.82, 2.24) is 0 Å². The third-order valence-corrected chi connectivity index (χ3v) is 4.06. The fraction of sp³-hybridized carbons (Fsp3) is 0.333. The molecule has 82 valence electrons. The summed E-state index contributed by atoms with van der Waals surface area (Å²) in [5.41, 5.74) is 1.35. The highest BCUT2D eigenvalue weighted by atomic mass is 16.3. The van der Waals surface area contributed by atoms with Crippen LogP contribution in [-0.2, 0) is 5.41 Å². The van der Waals surface area contributed by atoms with Gasteiger partial charge in [-0.05, 0) is 28.7 Å². The van der Waals surface area contributed by atoms with Gasteiger partial charge >= 0.3 is 0 Å². The number of aliphatic hydroxyl groups excluding tert-OH is 1. The van der Waals surface area contributed by atoms with Gasteiger partial charge in [0.1, 0.15) is 0 Å². The molecule has 0 bridgehead atoms. The predicted octanol–water partition coefficient (Wildman–Crippen LogP) is 3.11. The van der Waals surface area contributed by atoms with Gasteiger partial charge < -0.3 is 5.11 Å². The molecule has 2 atom stereocenters. The minimum atomic E-state index is 0.0286. The van der Waals surface area contributed by atoms with Gasteiger partial charge in [-0.15, -0.1) is 0 Å². The van der Waals surface area contributed by atoms with E-state index in [0.29, 0.717) is 5.92 Å². The van der Waals surface area contributed by atoms with Crippen molar-refractivity contribution in [3.05, 3.63) is 48.0 Å². The molecule has 0 radical (unpaired) electrons. The van der Waals surface area contributed by atoms with Crippen LogP contribution in [0.4, 0.5) is 0 Å². The van der Waals surface area contributed by atoms with Crippen LogP contribution in [0, 0.1) is 5.92 Å². The van der Waals surface area contributed by atoms with Crippen LogP contribution in [0.3, 0.4) is 0 Å². The Labute approximate surface area is 95.7 Å². The Balaban J connectivity index is 2.24. The lowest BCUT2D eigenvalue weighted by atomic mass is 9.90. The van der Waals surface area contributed by atoms with E-state index in [1.807, 2.05) is 0 Å². The van der Waals surface area contributed by atoms with Crippen LogP contribution in [0.1, 0.15) is 18.9 Å². The summed E-state index contributed by atoms with van der Waals surface area (Å²) in [7, 11) is 0. The average Bonchev–Trinajstić information content (AvgIpc) is 3.01. The SMILES string of the molecule is CC1CC1(CO)c1cccc2ccccc12. The molecule has 1 aliphatic rings. The maximum atomic E-state index is 9.64. The van der Waals surface area contributed by atoms with E-state index in [1.54, 1.807) is 0 Å². The molecule has 2 aromatic carbocycles. The van der Waals surface area contributed by atoms with Crippen LogP contribution < -0.4 is 0 Å². The molecule has 1 N–H and O–H groups in total. The van der Waals surface area contributed by atoms with Crippen LogP contribution in [0.5, 0.6) is 0 Å². The summed E-state index contributed by atoms with van der Waals surface area (Å²) in [5.74, 6) is 0.600. The van der Waals surface area contributed by atoms with Gasteiger partial charge in [-0.3, -0.25) is 0 Å². The summed E-state index contributed by atoms with van der Waals surface area (Å²) in [6, 6.07) is 14.8. The van der Waals surface area contributed by atoms with E-state index in [9.17, 15) is 5.11 Å². The van der Waals surface area contributed by atoms with Crippen molar-refractivity contribution < 1.29 is 5.11 Å². The number of aliphatic hydroxyl groups is 1. The highest BCUT2D eigenvalue weighted by Gasteiger charge is 2.52. The van der Waals surface area contributed by atoms with Crippen molar-refractivity contribution in [3.8, 4) is 0 Å². The zero-order valence-electron chi connectivity index (χ0n) is 9.48. The van der Waals surface area contributed by atoms with Gasteiger partial charge in [-0.25, -0.2) is 0 Å². The lowest BCUT2D eigenvalue weighted by Gasteiger charge is -2.16. The largest absolute Gasteiger partial charge is 0.395 e. The molecular formula is C15H16O. The van der Waals surface area contributed by atoms with Crippen LogP contribution >= 0.6 is 0 Å². The second-order valence-corrected chi connectivity index (χ2v) is 4.95. The van der Waals surface area contributed by atoms with E-state index in [-0.39, 0.29) is 12.0 Å². The van der Waals surface area contributed by atoms with Crippen molar-refractivity contribution in [3.63, 3.8) is 0 Å². The standard InChI is InChI=1S/C15H16O/c1-11-9-15(11,10-16)14-8-4-6-12-5-2-3-7-13(12)14/h2-8,11,16H,9-10H2,1H3. The molecule has 1 aliphatic carbocycles. The third-order valence-electron chi connectivity index (χ3n) is 4.06. The van der Waals surface area contributed by atoms with Crippen molar-refractivity contribution in [2.45, 2.75) is 18.8 Å². The molecule has 16 heavy (non-hydrogen) atoms. The average molecular weight is 212 g/mol. The molecule has 1 fully saturated rings. The predicted molar refractivity (Wildman–Crippen MR) is 66.5 cm³/mol. The zero-order valence-corrected chi connectivity index (χ0v) is 9.48. The first-order valence-electron chi connectivity index (χ1n) is 5.87. The van der Waals surface area contributed by atoms with Gasteiger partial charge in [0.2, 0.25) is 0 Å². The smallest absolute Gasteiger partial charge is 0.0530 e. The third kappa shape index (κ3) is 1.21. The quantitative estimate of drug-likeness (QED) is 0.811. The van der Waals surface area contributed by atoms with Crippen LogP contribution in [-0.4, -0.2) is 11.7 Å². The first kappa shape index (κ1) is 9.86. The van der Waals surface area contributed by atoms with Crippen molar-refractivity contribution >= 4 is 10.8 Å². The van der Waals surface area contributed by atoms with Crippen LogP contribution in [0.25, 0.3) is 10.8 Å². The van der Waals surface area contributed by atoms with E-state index >= 15 is 0 Å². The van der Waals surface area contributed by atoms with E-state index in [4.69, 9.17) is 0 Å². The minimum Gasteiger partial charge on any atom is -0.395 e. The molecule has 0 aromatic heterocycles. The van der Waals surface area contributed by atoms with Crippen LogP contribution in [0.2, 0.25) is 0 Å². The lowest BCUT2D eigenvalue weighted by molar-refractivity contribution is 0.248. The molecule has 0 aliphatic heterocycles. The molecule has 0 saturated heterocycles. The Morgan fingerprint density at radius 2 is 1.88 bits per heavy atom. The second-order valence-electron chi connectivity index (χ2n) is 4.95. The number of rotatable bonds is 2. The number of fused-ring (bicyclic) bond motifs is 1. The lowest BCUT2D eigenvalue weighted by Crippen LogP contribution is -2.15. The number of hydrogen-bond acceptors (Lipinski definition) is 1. The van der Waals surface area contributed by atoms with Crippen molar-refractivity contribution in [2.24, 2.45) is 5.92 Å². The molecule has 0 amide bonds. The highest BCUT2D eigenvalue weighted by Crippen LogP contribution is 2.55. The van der Waals surface area contributed by atoms with Gasteiger partial charge in [-0.1, -0.05) is 49.4 Å². The van der Waals surface area contributed by atoms with E-state index in [0.717, 1.165) is 6.42 Å². The molecule has 1 saturated carbocycles. The van der Waals surface area contributed by atoms with Gasteiger partial charge in [0, 0.05) is 5.41 Å². The summed E-state index contributed by atoms with van der Waals surface area (Å²) in [4.78, 5) is 0. The van der Waals surface area contributed by atoms with Gasteiger partial charge in [-0.2, -0.15) is 0 Å². The maximum absolute atomic E-state index is 9.64. The fourth-order valence-electron chi connectivity index (χ4n) is 2.83. The summed E-state index contributed by atoms with van der Waals surface area (Å²) in [5, 5.41) is 12.2. The van der Waals surface area contributed by atoms with Crippen molar-refractivity contribution in [1.29, 1.82) is 0 Å². The van der Waals surface area contributed by atoms with Gasteiger partial charge in [0.25, 0.3) is 0 Å². The molecule has 0 spiro atoms. The number of hydrogen-bond donors (Lipinski definition) is 1. The number of benzene rings is 2. The van der Waals surface area contributed by atoms with E-state index in [2.05, 4.69) is 49.4 Å². The van der Waals surface area contributed by atoms with Crippen LogP contribution in [0.15, 0.2) is 42.5 Å². The first-order valence-corrected chi connectivity index (χ1v) is 5.87. The Kier molecular flexibility index (Phi) is 2.05. The van der Waals surface area contributed by atoms with Crippen molar-refractivity contribution in [2.75, 3.05) is 6.61 Å². The topological polar surface area (TPSA) is 20.2 Å². The molecule has 0 heterocycles. The van der Waals surface area contributed by atoms with Gasteiger partial charge in [0.05, 0.1) is 6.61 Å². The summed E-state index contributed by atoms with van der Waals surface area (Å²) >= 11 is 0. The van der Waals surface area contributed by atoms with E-state index in [1.165, 1.54) is 16.3 Å². The highest BCUT2D eigenvalue weighted by molar-refractivity contribution is 5.87. The maximum Gasteiger partial charge on any atom is 0.0530 e. The van der Waals surface area contributed by atoms with Gasteiger partial charge in [0.15, 0.2) is 0 Å². The molecule has 2 unspecified atom stereocenters. The monoisotopic (exact) mass is 212 g/mol. The summed E-state index contributed by atoms with van der Waals surface area (Å²) < 4.78 is 0. The Hall–Kier alpha value is -1.34. The molecule has 1 nitrogen and oxygen atoms in total. The Bertz CT molecular complexity index is 522. The zero-order chi connectivity index (χ0) is 11.2. The summed E-state index contributed by atoms with van der Waals surface area (Å²) in [6.45, 7) is 2.49. The molecule has 3 rings (SSSR count). The normalized spacial score (nSPS) is 28.2. The minimum absolute atomic E-state index is 0.0286. The molecule has 1 heteroatoms. The molecule has 2 aromatic rings. The second kappa shape index (κ2) is 3.33. The fourth-order valence-corrected chi connectivity index (χ4v) is 2.83. The summed E-state index contributed by atoms with van der Waals surface area (Å²) in [6.07, 6.45) is 1.11. The van der Waals surface area contributed by atoms with E-state index < -0.39 is 0 Å². The molecular weight excluding hydrogens is 196 g/mol. The Morgan fingerprint density at radius 3 is 2.56 bits per heavy atom. The first-order chi connectivity index (χ1) is 7.78.